The summed E-state index contributed by atoms with van der Waals surface area (Å²) in [5.74, 6) is -0.0539. The molecule has 0 radical (unpaired) electrons. The number of para-hydroxylation sites is 2. The minimum Gasteiger partial charge on any atom is -0.378 e. The van der Waals surface area contributed by atoms with Gasteiger partial charge in [-0.25, -0.2) is 4.98 Å². The van der Waals surface area contributed by atoms with Gasteiger partial charge < -0.3 is 15.0 Å². The number of anilines is 2. The number of thiazole rings is 1. The Morgan fingerprint density at radius 1 is 1.18 bits per heavy atom. The molecule has 0 unspecified atom stereocenters. The van der Waals surface area contributed by atoms with Crippen molar-refractivity contribution in [1.29, 1.82) is 0 Å². The van der Waals surface area contributed by atoms with Gasteiger partial charge in [0.25, 0.3) is 0 Å². The lowest BCUT2D eigenvalue weighted by molar-refractivity contribution is -0.115. The standard InChI is InChI=1S/C22H23N3O2S/c1-16-5-4-6-17(13-16)22-23-18(15-28-22)14-21(26)24-19-7-2-3-8-20(19)25-9-11-27-12-10-25/h2-8,13,15H,9-12,14H2,1H3,(H,24,26). The molecular weight excluding hydrogens is 370 g/mol. The Bertz CT molecular complexity index is 964. The summed E-state index contributed by atoms with van der Waals surface area (Å²) in [7, 11) is 0. The van der Waals surface area contributed by atoms with Gasteiger partial charge in [0, 0.05) is 24.0 Å². The second-order valence-corrected chi connectivity index (χ2v) is 7.71. The Morgan fingerprint density at radius 3 is 2.82 bits per heavy atom. The van der Waals surface area contributed by atoms with E-state index in [1.807, 2.05) is 41.8 Å². The maximum absolute atomic E-state index is 12.6. The molecule has 0 saturated carbocycles. The molecule has 0 spiro atoms. The molecule has 2 heterocycles. The molecule has 28 heavy (non-hydrogen) atoms. The number of rotatable bonds is 5. The first-order valence-corrected chi connectivity index (χ1v) is 10.3. The average Bonchev–Trinajstić information content (AvgIpc) is 3.17. The fraction of sp³-hybridized carbons (Fsp3) is 0.273. The highest BCUT2D eigenvalue weighted by atomic mass is 32.1. The normalized spacial score (nSPS) is 14.1. The van der Waals surface area contributed by atoms with Crippen molar-refractivity contribution in [2.45, 2.75) is 13.3 Å². The van der Waals surface area contributed by atoms with E-state index >= 15 is 0 Å². The lowest BCUT2D eigenvalue weighted by Crippen LogP contribution is -2.36. The van der Waals surface area contributed by atoms with Gasteiger partial charge in [0.05, 0.1) is 36.7 Å². The largest absolute Gasteiger partial charge is 0.378 e. The van der Waals surface area contributed by atoms with Crippen LogP contribution in [0.25, 0.3) is 10.6 Å². The molecule has 3 aromatic rings. The Labute approximate surface area is 169 Å². The van der Waals surface area contributed by atoms with E-state index in [0.29, 0.717) is 13.2 Å². The van der Waals surface area contributed by atoms with Gasteiger partial charge in [0.15, 0.2) is 0 Å². The van der Waals surface area contributed by atoms with Crippen LogP contribution in [0, 0.1) is 6.92 Å². The van der Waals surface area contributed by atoms with E-state index in [1.54, 1.807) is 11.3 Å². The number of aromatic nitrogens is 1. The lowest BCUT2D eigenvalue weighted by Gasteiger charge is -2.30. The topological polar surface area (TPSA) is 54.5 Å². The predicted molar refractivity (Wildman–Crippen MR) is 114 cm³/mol. The summed E-state index contributed by atoms with van der Waals surface area (Å²) in [6, 6.07) is 16.2. The van der Waals surface area contributed by atoms with Crippen molar-refractivity contribution in [3.8, 4) is 10.6 Å². The summed E-state index contributed by atoms with van der Waals surface area (Å²) in [5, 5.41) is 5.97. The van der Waals surface area contributed by atoms with Crippen molar-refractivity contribution < 1.29 is 9.53 Å². The summed E-state index contributed by atoms with van der Waals surface area (Å²) in [6.45, 7) is 5.15. The van der Waals surface area contributed by atoms with Crippen LogP contribution in [0.2, 0.25) is 0 Å². The molecule has 1 N–H and O–H groups in total. The first-order valence-electron chi connectivity index (χ1n) is 9.42. The Morgan fingerprint density at radius 2 is 2.00 bits per heavy atom. The number of nitrogens with zero attached hydrogens (tertiary/aromatic N) is 2. The van der Waals surface area contributed by atoms with Crippen molar-refractivity contribution in [2.24, 2.45) is 0 Å². The summed E-state index contributed by atoms with van der Waals surface area (Å²) in [4.78, 5) is 19.5. The maximum Gasteiger partial charge on any atom is 0.230 e. The molecule has 1 aromatic heterocycles. The quantitative estimate of drug-likeness (QED) is 0.708. The number of amides is 1. The molecule has 0 aliphatic carbocycles. The van der Waals surface area contributed by atoms with Crippen LogP contribution in [-0.2, 0) is 16.0 Å². The Hall–Kier alpha value is -2.70. The number of aryl methyl sites for hydroxylation is 1. The SMILES string of the molecule is Cc1cccc(-c2nc(CC(=O)Nc3ccccc3N3CCOCC3)cs2)c1. The van der Waals surface area contributed by atoms with Crippen LogP contribution >= 0.6 is 11.3 Å². The third kappa shape index (κ3) is 4.40. The molecule has 1 saturated heterocycles. The van der Waals surface area contributed by atoms with Crippen LogP contribution in [0.3, 0.4) is 0 Å². The molecule has 0 atom stereocenters. The molecule has 1 amide bonds. The minimum absolute atomic E-state index is 0.0539. The summed E-state index contributed by atoms with van der Waals surface area (Å²) in [6.07, 6.45) is 0.264. The molecule has 1 aliphatic rings. The highest BCUT2D eigenvalue weighted by molar-refractivity contribution is 7.13. The second-order valence-electron chi connectivity index (χ2n) is 6.85. The van der Waals surface area contributed by atoms with Crippen molar-refractivity contribution in [1.82, 2.24) is 4.98 Å². The van der Waals surface area contributed by atoms with Gasteiger partial charge >= 0.3 is 0 Å². The van der Waals surface area contributed by atoms with Gasteiger partial charge in [-0.2, -0.15) is 0 Å². The monoisotopic (exact) mass is 393 g/mol. The highest BCUT2D eigenvalue weighted by Crippen LogP contribution is 2.27. The van der Waals surface area contributed by atoms with E-state index < -0.39 is 0 Å². The number of nitrogens with one attached hydrogen (secondary N) is 1. The Kier molecular flexibility index (Phi) is 5.69. The smallest absolute Gasteiger partial charge is 0.230 e. The Balaban J connectivity index is 1.44. The number of carbonyl (C=O) groups excluding carboxylic acids is 1. The van der Waals surface area contributed by atoms with Crippen LogP contribution in [0.15, 0.2) is 53.9 Å². The number of hydrogen-bond donors (Lipinski definition) is 1. The fourth-order valence-electron chi connectivity index (χ4n) is 3.32. The van der Waals surface area contributed by atoms with Crippen LogP contribution in [0.4, 0.5) is 11.4 Å². The minimum atomic E-state index is -0.0539. The molecule has 6 heteroatoms. The molecule has 1 fully saturated rings. The van der Waals surface area contributed by atoms with Crippen molar-refractivity contribution in [3.63, 3.8) is 0 Å². The molecule has 144 valence electrons. The third-order valence-electron chi connectivity index (χ3n) is 4.69. The second kappa shape index (κ2) is 8.54. The van der Waals surface area contributed by atoms with E-state index in [2.05, 4.69) is 34.3 Å². The van der Waals surface area contributed by atoms with E-state index in [1.165, 1.54) is 5.56 Å². The van der Waals surface area contributed by atoms with Crippen molar-refractivity contribution >= 4 is 28.6 Å². The fourth-order valence-corrected chi connectivity index (χ4v) is 4.13. The molecule has 0 bridgehead atoms. The summed E-state index contributed by atoms with van der Waals surface area (Å²) in [5.41, 5.74) is 4.96. The first-order chi connectivity index (χ1) is 13.7. The van der Waals surface area contributed by atoms with Gasteiger partial charge in [-0.15, -0.1) is 11.3 Å². The van der Waals surface area contributed by atoms with Crippen molar-refractivity contribution in [2.75, 3.05) is 36.5 Å². The van der Waals surface area contributed by atoms with Crippen molar-refractivity contribution in [3.05, 3.63) is 65.2 Å². The van der Waals surface area contributed by atoms with E-state index in [0.717, 1.165) is 40.7 Å². The summed E-state index contributed by atoms with van der Waals surface area (Å²) < 4.78 is 5.43. The number of carbonyl (C=O) groups is 1. The van der Waals surface area contributed by atoms with Gasteiger partial charge in [0.2, 0.25) is 5.91 Å². The van der Waals surface area contributed by atoms with E-state index in [9.17, 15) is 4.79 Å². The van der Waals surface area contributed by atoms with E-state index in [4.69, 9.17) is 4.74 Å². The summed E-state index contributed by atoms with van der Waals surface area (Å²) >= 11 is 1.57. The zero-order valence-electron chi connectivity index (χ0n) is 15.9. The molecule has 4 rings (SSSR count). The lowest BCUT2D eigenvalue weighted by atomic mass is 10.1. The number of benzene rings is 2. The van der Waals surface area contributed by atoms with Crippen LogP contribution in [0.1, 0.15) is 11.3 Å². The number of hydrogen-bond acceptors (Lipinski definition) is 5. The van der Waals surface area contributed by atoms with Crippen LogP contribution in [0.5, 0.6) is 0 Å². The first kappa shape index (κ1) is 18.7. The molecule has 2 aromatic carbocycles. The highest BCUT2D eigenvalue weighted by Gasteiger charge is 2.16. The zero-order valence-corrected chi connectivity index (χ0v) is 16.7. The third-order valence-corrected chi connectivity index (χ3v) is 5.63. The zero-order chi connectivity index (χ0) is 19.3. The number of morpholine rings is 1. The molecule has 1 aliphatic heterocycles. The average molecular weight is 394 g/mol. The van der Waals surface area contributed by atoms with Gasteiger partial charge in [-0.3, -0.25) is 4.79 Å². The maximum atomic E-state index is 12.6. The van der Waals surface area contributed by atoms with Crippen LogP contribution in [-0.4, -0.2) is 37.2 Å². The van der Waals surface area contributed by atoms with Gasteiger partial charge in [-0.1, -0.05) is 35.9 Å². The van der Waals surface area contributed by atoms with Gasteiger partial charge in [-0.05, 0) is 25.1 Å². The molecular formula is C22H23N3O2S. The predicted octanol–water partition coefficient (Wildman–Crippen LogP) is 4.14. The molecule has 5 nitrogen and oxygen atoms in total. The van der Waals surface area contributed by atoms with Gasteiger partial charge in [0.1, 0.15) is 5.01 Å². The number of ether oxygens (including phenoxy) is 1. The van der Waals surface area contributed by atoms with E-state index in [-0.39, 0.29) is 12.3 Å². The van der Waals surface area contributed by atoms with Crippen LogP contribution < -0.4 is 10.2 Å².